The van der Waals surface area contributed by atoms with Gasteiger partial charge in [-0.15, -0.1) is 0 Å². The molecule has 3 nitrogen and oxygen atoms in total. The van der Waals surface area contributed by atoms with Gasteiger partial charge in [0.25, 0.3) is 0 Å². The summed E-state index contributed by atoms with van der Waals surface area (Å²) in [6, 6.07) is 6.81. The topological polar surface area (TPSA) is 43.8 Å². The average molecular weight is 285 g/mol. The van der Waals surface area contributed by atoms with Gasteiger partial charge < -0.3 is 10.3 Å². The van der Waals surface area contributed by atoms with Crippen molar-refractivity contribution in [3.63, 3.8) is 0 Å². The highest BCUT2D eigenvalue weighted by atomic mass is 15.1. The van der Waals surface area contributed by atoms with Crippen LogP contribution in [0.25, 0.3) is 11.0 Å². The van der Waals surface area contributed by atoms with Gasteiger partial charge in [0.05, 0.1) is 11.0 Å². The van der Waals surface area contributed by atoms with Crippen molar-refractivity contribution in [2.75, 3.05) is 5.73 Å². The fourth-order valence-electron chi connectivity index (χ4n) is 3.78. The van der Waals surface area contributed by atoms with Gasteiger partial charge in [0.2, 0.25) is 0 Å². The van der Waals surface area contributed by atoms with Crippen LogP contribution in [0.4, 0.5) is 5.69 Å². The Morgan fingerprint density at radius 3 is 2.62 bits per heavy atom. The molecule has 3 rings (SSSR count). The van der Waals surface area contributed by atoms with E-state index in [0.717, 1.165) is 30.0 Å². The van der Waals surface area contributed by atoms with E-state index in [2.05, 4.69) is 24.5 Å². The number of aryl methyl sites for hydroxylation is 1. The summed E-state index contributed by atoms with van der Waals surface area (Å²) in [7, 11) is 0. The van der Waals surface area contributed by atoms with E-state index in [1.165, 1.54) is 43.4 Å². The Kier molecular flexibility index (Phi) is 4.18. The molecule has 1 aromatic carbocycles. The molecule has 1 aliphatic rings. The molecule has 0 atom stereocenters. The van der Waals surface area contributed by atoms with Gasteiger partial charge in [-0.25, -0.2) is 4.98 Å². The van der Waals surface area contributed by atoms with Crippen molar-refractivity contribution >= 4 is 16.7 Å². The third-order valence-corrected chi connectivity index (χ3v) is 5.02. The highest BCUT2D eigenvalue weighted by Crippen LogP contribution is 2.36. The molecule has 21 heavy (non-hydrogen) atoms. The summed E-state index contributed by atoms with van der Waals surface area (Å²) >= 11 is 0. The number of anilines is 1. The van der Waals surface area contributed by atoms with Crippen LogP contribution in [0, 0.1) is 5.92 Å². The van der Waals surface area contributed by atoms with Gasteiger partial charge in [0, 0.05) is 18.2 Å². The first-order valence-electron chi connectivity index (χ1n) is 8.49. The molecule has 1 aromatic heterocycles. The summed E-state index contributed by atoms with van der Waals surface area (Å²) in [6.07, 6.45) is 8.85. The molecule has 3 heteroatoms. The minimum atomic E-state index is 0.628. The minimum Gasteiger partial charge on any atom is -0.399 e. The smallest absolute Gasteiger partial charge is 0.110 e. The lowest BCUT2D eigenvalue weighted by Crippen LogP contribution is -2.19. The molecule has 0 spiro atoms. The van der Waals surface area contributed by atoms with Crippen molar-refractivity contribution in [2.45, 2.75) is 64.8 Å². The molecule has 1 aliphatic carbocycles. The quantitative estimate of drug-likeness (QED) is 0.827. The van der Waals surface area contributed by atoms with Crippen LogP contribution in [0.2, 0.25) is 0 Å². The molecule has 2 aromatic rings. The van der Waals surface area contributed by atoms with Gasteiger partial charge in [-0.05, 0) is 56.2 Å². The number of hydrogen-bond donors (Lipinski definition) is 1. The second-order valence-electron chi connectivity index (χ2n) is 6.48. The zero-order valence-corrected chi connectivity index (χ0v) is 13.3. The van der Waals surface area contributed by atoms with Crippen LogP contribution in [0.15, 0.2) is 18.2 Å². The summed E-state index contributed by atoms with van der Waals surface area (Å²) in [5, 5.41) is 0. The second-order valence-corrected chi connectivity index (χ2v) is 6.48. The Balaban J connectivity index is 1.97. The molecule has 1 fully saturated rings. The van der Waals surface area contributed by atoms with Crippen LogP contribution < -0.4 is 5.73 Å². The number of nitrogens with two attached hydrogens (primary N) is 1. The van der Waals surface area contributed by atoms with Gasteiger partial charge in [0.1, 0.15) is 5.82 Å². The number of benzene rings is 1. The Labute approximate surface area is 127 Å². The maximum Gasteiger partial charge on any atom is 0.110 e. The second kappa shape index (κ2) is 6.08. The number of aromatic nitrogens is 2. The van der Waals surface area contributed by atoms with Gasteiger partial charge in [0.15, 0.2) is 0 Å². The molecule has 114 valence electrons. The predicted octanol–water partition coefficient (Wildman–Crippen LogP) is 4.71. The normalized spacial score (nSPS) is 22.8. The van der Waals surface area contributed by atoms with E-state index in [-0.39, 0.29) is 0 Å². The largest absolute Gasteiger partial charge is 0.399 e. The zero-order chi connectivity index (χ0) is 14.8. The molecule has 0 bridgehead atoms. The first-order chi connectivity index (χ1) is 10.2. The van der Waals surface area contributed by atoms with Crippen LogP contribution in [0.1, 0.15) is 64.2 Å². The molecule has 0 saturated heterocycles. The first-order valence-corrected chi connectivity index (χ1v) is 8.49. The lowest BCUT2D eigenvalue weighted by Gasteiger charge is -2.30. The number of fused-ring (bicyclic) bond motifs is 1. The Morgan fingerprint density at radius 1 is 1.19 bits per heavy atom. The molecule has 0 radical (unpaired) electrons. The van der Waals surface area contributed by atoms with E-state index in [0.29, 0.717) is 6.04 Å². The summed E-state index contributed by atoms with van der Waals surface area (Å²) in [4.78, 5) is 4.86. The van der Waals surface area contributed by atoms with Gasteiger partial charge in [-0.2, -0.15) is 0 Å². The van der Waals surface area contributed by atoms with E-state index >= 15 is 0 Å². The zero-order valence-electron chi connectivity index (χ0n) is 13.3. The molecular weight excluding hydrogens is 258 g/mol. The van der Waals surface area contributed by atoms with Gasteiger partial charge in [-0.3, -0.25) is 0 Å². The summed E-state index contributed by atoms with van der Waals surface area (Å²) in [5.74, 6) is 2.18. The number of imidazole rings is 1. The molecular formula is C18H27N3. The van der Waals surface area contributed by atoms with E-state index < -0.39 is 0 Å². The van der Waals surface area contributed by atoms with Crippen LogP contribution in [0.5, 0.6) is 0 Å². The Bertz CT molecular complexity index is 606. The summed E-state index contributed by atoms with van der Waals surface area (Å²) in [6.45, 7) is 4.55. The molecule has 1 heterocycles. The van der Waals surface area contributed by atoms with Crippen LogP contribution in [-0.2, 0) is 6.42 Å². The Morgan fingerprint density at radius 2 is 1.95 bits per heavy atom. The summed E-state index contributed by atoms with van der Waals surface area (Å²) in [5.41, 5.74) is 9.07. The first kappa shape index (κ1) is 14.4. The molecule has 2 N–H and O–H groups in total. The maximum absolute atomic E-state index is 5.92. The van der Waals surface area contributed by atoms with Crippen molar-refractivity contribution < 1.29 is 0 Å². The highest BCUT2D eigenvalue weighted by molar-refractivity contribution is 5.79. The fraction of sp³-hybridized carbons (Fsp3) is 0.611. The lowest BCUT2D eigenvalue weighted by atomic mass is 9.84. The van der Waals surface area contributed by atoms with Crippen molar-refractivity contribution in [2.24, 2.45) is 5.92 Å². The SMILES string of the molecule is CCCc1nc2cc(N)ccc2n1C1CCC(CC)CC1. The van der Waals surface area contributed by atoms with Gasteiger partial charge >= 0.3 is 0 Å². The van der Waals surface area contributed by atoms with E-state index in [1.54, 1.807) is 0 Å². The standard InChI is InChI=1S/C18H27N3/c1-3-5-18-20-16-12-14(19)8-11-17(16)21(18)15-9-6-13(4-2)7-10-15/h8,11-13,15H,3-7,9-10,19H2,1-2H3. The Hall–Kier alpha value is -1.51. The lowest BCUT2D eigenvalue weighted by molar-refractivity contribution is 0.269. The van der Waals surface area contributed by atoms with Crippen LogP contribution in [0.3, 0.4) is 0 Å². The monoisotopic (exact) mass is 285 g/mol. The van der Waals surface area contributed by atoms with Gasteiger partial charge in [-0.1, -0.05) is 20.3 Å². The number of nitrogen functional groups attached to an aromatic ring is 1. The van der Waals surface area contributed by atoms with Crippen molar-refractivity contribution in [3.05, 3.63) is 24.0 Å². The van der Waals surface area contributed by atoms with Crippen LogP contribution >= 0.6 is 0 Å². The van der Waals surface area contributed by atoms with E-state index in [4.69, 9.17) is 10.7 Å². The van der Waals surface area contributed by atoms with Crippen LogP contribution in [-0.4, -0.2) is 9.55 Å². The molecule has 0 aliphatic heterocycles. The van der Waals surface area contributed by atoms with E-state index in [9.17, 15) is 0 Å². The van der Waals surface area contributed by atoms with Crippen molar-refractivity contribution in [1.29, 1.82) is 0 Å². The summed E-state index contributed by atoms with van der Waals surface area (Å²) < 4.78 is 2.52. The van der Waals surface area contributed by atoms with Crippen molar-refractivity contribution in [3.8, 4) is 0 Å². The molecule has 0 unspecified atom stereocenters. The average Bonchev–Trinajstić information content (AvgIpc) is 2.85. The number of hydrogen-bond acceptors (Lipinski definition) is 2. The van der Waals surface area contributed by atoms with Crippen molar-refractivity contribution in [1.82, 2.24) is 9.55 Å². The minimum absolute atomic E-state index is 0.628. The molecule has 0 amide bonds. The van der Waals surface area contributed by atoms with E-state index in [1.807, 2.05) is 12.1 Å². The predicted molar refractivity (Wildman–Crippen MR) is 89.4 cm³/mol. The highest BCUT2D eigenvalue weighted by Gasteiger charge is 2.24. The third-order valence-electron chi connectivity index (χ3n) is 5.02. The number of nitrogens with zero attached hydrogens (tertiary/aromatic N) is 2. The number of rotatable bonds is 4. The molecule has 1 saturated carbocycles. The third kappa shape index (κ3) is 2.78. The maximum atomic E-state index is 5.92. The fourth-order valence-corrected chi connectivity index (χ4v) is 3.78.